The Labute approximate surface area is 111 Å². The second-order valence-electron chi connectivity index (χ2n) is 3.62. The Morgan fingerprint density at radius 1 is 1.47 bits per heavy atom. The minimum Gasteiger partial charge on any atom is -0.858 e. The molecule has 0 aliphatic carbocycles. The topological polar surface area (TPSA) is 67.8 Å². The minimum absolute atomic E-state index is 0. The second kappa shape index (κ2) is 5.26. The fourth-order valence-corrected chi connectivity index (χ4v) is 1.64. The molecule has 1 heterocycles. The third kappa shape index (κ3) is 2.63. The molecule has 2 rings (SSSR count). The maximum atomic E-state index is 12.0. The number of fused-ring (bicyclic) bond motifs is 1. The molecule has 1 aromatic rings. The Kier molecular flexibility index (Phi) is 4.21. The molecule has 1 aliphatic rings. The van der Waals surface area contributed by atoms with Crippen molar-refractivity contribution in [3.63, 3.8) is 0 Å². The number of nitrogens with zero attached hydrogens (tertiary/aromatic N) is 2. The summed E-state index contributed by atoms with van der Waals surface area (Å²) < 4.78 is 0. The molecule has 84 valence electrons. The molecule has 1 N–H and O–H groups in total. The smallest absolute Gasteiger partial charge is 0.858 e. The fourth-order valence-electron chi connectivity index (χ4n) is 1.64. The van der Waals surface area contributed by atoms with Crippen LogP contribution in [-0.2, 0) is 4.79 Å². The molecular formula is C11H12LiN3O2. The van der Waals surface area contributed by atoms with Crippen LogP contribution in [0, 0.1) is 0 Å². The van der Waals surface area contributed by atoms with Gasteiger partial charge >= 0.3 is 18.9 Å². The van der Waals surface area contributed by atoms with Crippen LogP contribution >= 0.6 is 0 Å². The van der Waals surface area contributed by atoms with Crippen molar-refractivity contribution in [2.45, 2.75) is 20.0 Å². The van der Waals surface area contributed by atoms with Gasteiger partial charge in [0.2, 0.25) is 5.91 Å². The van der Waals surface area contributed by atoms with Gasteiger partial charge in [0.05, 0.1) is 5.36 Å². The van der Waals surface area contributed by atoms with Crippen LogP contribution in [-0.4, -0.2) is 17.1 Å². The van der Waals surface area contributed by atoms with Crippen molar-refractivity contribution < 1.29 is 28.8 Å². The molecule has 0 aromatic heterocycles. The van der Waals surface area contributed by atoms with Crippen molar-refractivity contribution >= 4 is 11.8 Å². The zero-order valence-corrected chi connectivity index (χ0v) is 10.1. The van der Waals surface area contributed by atoms with Gasteiger partial charge in [-0.25, -0.2) is 0 Å². The molecule has 1 aromatic carbocycles. The summed E-state index contributed by atoms with van der Waals surface area (Å²) in [6.45, 7) is 3.12. The van der Waals surface area contributed by atoms with E-state index >= 15 is 0 Å². The first-order valence-electron chi connectivity index (χ1n) is 5.00. The molecule has 0 saturated carbocycles. The average Bonchev–Trinajstić information content (AvgIpc) is 2.24. The molecule has 0 radical (unpaired) electrons. The van der Waals surface area contributed by atoms with Crippen molar-refractivity contribution in [2.75, 3.05) is 0 Å². The molecule has 1 unspecified atom stereocenters. The number of rotatable bonds is 1. The van der Waals surface area contributed by atoms with Gasteiger partial charge in [0, 0.05) is 12.1 Å². The third-order valence-corrected chi connectivity index (χ3v) is 2.33. The van der Waals surface area contributed by atoms with E-state index in [0.717, 1.165) is 0 Å². The van der Waals surface area contributed by atoms with Gasteiger partial charge in [-0.1, -0.05) is 18.2 Å². The number of carbonyl (C=O) groups is 1. The van der Waals surface area contributed by atoms with Crippen molar-refractivity contribution in [3.05, 3.63) is 34.8 Å². The summed E-state index contributed by atoms with van der Waals surface area (Å²) in [7, 11) is 0. The SMILES string of the molecule is CC(=O)NN1C([O-])=c2ccccc2=NC1C.[Li+]. The predicted molar refractivity (Wildman–Crippen MR) is 55.7 cm³/mol. The van der Waals surface area contributed by atoms with E-state index in [9.17, 15) is 9.90 Å². The van der Waals surface area contributed by atoms with Crippen LogP contribution < -0.4 is 40.0 Å². The second-order valence-corrected chi connectivity index (χ2v) is 3.62. The molecule has 6 heteroatoms. The number of amides is 1. The zero-order chi connectivity index (χ0) is 11.7. The molecule has 0 spiro atoms. The molecular weight excluding hydrogens is 213 g/mol. The summed E-state index contributed by atoms with van der Waals surface area (Å²) in [5.41, 5.74) is 2.47. The van der Waals surface area contributed by atoms with E-state index in [4.69, 9.17) is 0 Å². The van der Waals surface area contributed by atoms with Gasteiger partial charge in [-0.05, 0) is 18.9 Å². The number of hydrazine groups is 1. The van der Waals surface area contributed by atoms with Crippen LogP contribution in [0.3, 0.4) is 0 Å². The van der Waals surface area contributed by atoms with Gasteiger partial charge in [-0.3, -0.25) is 20.2 Å². The van der Waals surface area contributed by atoms with Crippen molar-refractivity contribution in [1.29, 1.82) is 0 Å². The predicted octanol–water partition coefficient (Wildman–Crippen LogP) is -4.55. The van der Waals surface area contributed by atoms with Crippen LogP contribution in [0.1, 0.15) is 13.8 Å². The Balaban J connectivity index is 0.00000144. The Morgan fingerprint density at radius 3 is 2.76 bits per heavy atom. The van der Waals surface area contributed by atoms with Crippen LogP contribution in [0.2, 0.25) is 0 Å². The fraction of sp³-hybridized carbons (Fsp3) is 0.273. The summed E-state index contributed by atoms with van der Waals surface area (Å²) in [6.07, 6.45) is -0.383. The van der Waals surface area contributed by atoms with Crippen molar-refractivity contribution in [2.24, 2.45) is 4.99 Å². The number of nitrogens with one attached hydrogen (secondary N) is 1. The Bertz CT molecular complexity index is 544. The molecule has 1 atom stereocenters. The van der Waals surface area contributed by atoms with E-state index in [0.29, 0.717) is 10.6 Å². The van der Waals surface area contributed by atoms with E-state index in [1.807, 2.05) is 6.07 Å². The van der Waals surface area contributed by atoms with E-state index in [1.54, 1.807) is 25.1 Å². The largest absolute Gasteiger partial charge is 1.00 e. The molecule has 5 nitrogen and oxygen atoms in total. The van der Waals surface area contributed by atoms with Crippen molar-refractivity contribution in [3.8, 4) is 0 Å². The minimum atomic E-state index is -0.383. The van der Waals surface area contributed by atoms with Crippen LogP contribution in [0.25, 0.3) is 5.88 Å². The normalized spacial score (nSPS) is 17.6. The van der Waals surface area contributed by atoms with Gasteiger partial charge in [-0.2, -0.15) is 0 Å². The molecule has 1 amide bonds. The molecule has 1 aliphatic heterocycles. The number of para-hydroxylation sites is 1. The molecule has 0 fully saturated rings. The van der Waals surface area contributed by atoms with Crippen molar-refractivity contribution in [1.82, 2.24) is 10.4 Å². The quantitative estimate of drug-likeness (QED) is 0.489. The molecule has 0 saturated heterocycles. The van der Waals surface area contributed by atoms with E-state index < -0.39 is 0 Å². The number of carbonyl (C=O) groups excluding carboxylic acids is 1. The third-order valence-electron chi connectivity index (χ3n) is 2.33. The Hall–Kier alpha value is -1.44. The number of hydrogen-bond donors (Lipinski definition) is 1. The molecule has 0 bridgehead atoms. The number of benzene rings is 1. The standard InChI is InChI=1S/C11H13N3O2.Li/c1-7-12-10-6-4-3-5-9(10)11(16)14(7)13-8(2)15;/h3-7,16H,1-2H3,(H,13,15);/q;+1/p-1. The first-order valence-corrected chi connectivity index (χ1v) is 5.00. The summed E-state index contributed by atoms with van der Waals surface area (Å²) in [5.74, 6) is -0.511. The van der Waals surface area contributed by atoms with Crippen LogP contribution in [0.4, 0.5) is 0 Å². The number of hydrogen-bond acceptors (Lipinski definition) is 4. The molecule has 17 heavy (non-hydrogen) atoms. The summed E-state index contributed by atoms with van der Waals surface area (Å²) in [4.78, 5) is 15.3. The van der Waals surface area contributed by atoms with Gasteiger partial charge in [-0.15, -0.1) is 0 Å². The van der Waals surface area contributed by atoms with Crippen LogP contribution in [0.5, 0.6) is 0 Å². The maximum absolute atomic E-state index is 12.0. The van der Waals surface area contributed by atoms with Gasteiger partial charge in [0.25, 0.3) is 0 Å². The summed E-state index contributed by atoms with van der Waals surface area (Å²) >= 11 is 0. The van der Waals surface area contributed by atoms with Gasteiger partial charge < -0.3 is 5.11 Å². The van der Waals surface area contributed by atoms with E-state index in [1.165, 1.54) is 11.9 Å². The van der Waals surface area contributed by atoms with Crippen LogP contribution in [0.15, 0.2) is 29.3 Å². The first-order chi connectivity index (χ1) is 7.59. The Morgan fingerprint density at radius 2 is 2.12 bits per heavy atom. The summed E-state index contributed by atoms with van der Waals surface area (Å²) in [5, 5.41) is 14.4. The van der Waals surface area contributed by atoms with E-state index in [-0.39, 0.29) is 36.8 Å². The van der Waals surface area contributed by atoms with Gasteiger partial charge in [0.15, 0.2) is 0 Å². The van der Waals surface area contributed by atoms with Gasteiger partial charge in [0.1, 0.15) is 6.17 Å². The van der Waals surface area contributed by atoms with E-state index in [2.05, 4.69) is 10.4 Å². The average molecular weight is 225 g/mol. The first kappa shape index (κ1) is 13.6. The zero-order valence-electron chi connectivity index (χ0n) is 10.1. The monoisotopic (exact) mass is 225 g/mol. The summed E-state index contributed by atoms with van der Waals surface area (Å²) in [6, 6.07) is 7.08. The maximum Gasteiger partial charge on any atom is 1.00 e.